The first-order chi connectivity index (χ1) is 11.1. The van der Waals surface area contributed by atoms with E-state index in [2.05, 4.69) is 10.5 Å². The van der Waals surface area contributed by atoms with Gasteiger partial charge >= 0.3 is 0 Å². The Kier molecular flexibility index (Phi) is 4.77. The Morgan fingerprint density at radius 1 is 1.09 bits per heavy atom. The molecule has 0 atom stereocenters. The van der Waals surface area contributed by atoms with Crippen molar-refractivity contribution in [3.8, 4) is 0 Å². The molecule has 23 heavy (non-hydrogen) atoms. The highest BCUT2D eigenvalue weighted by Crippen LogP contribution is 2.21. The predicted octanol–water partition coefficient (Wildman–Crippen LogP) is 2.13. The van der Waals surface area contributed by atoms with E-state index in [1.54, 1.807) is 12.1 Å². The molecule has 124 valence electrons. The van der Waals surface area contributed by atoms with E-state index in [1.165, 1.54) is 16.4 Å². The summed E-state index contributed by atoms with van der Waals surface area (Å²) in [4.78, 5) is 12.3. The number of amides is 1. The van der Waals surface area contributed by atoms with Crippen LogP contribution in [-0.4, -0.2) is 37.4 Å². The first-order valence-corrected chi connectivity index (χ1v) is 9.47. The zero-order valence-corrected chi connectivity index (χ0v) is 13.8. The Balaban J connectivity index is 1.76. The number of nitrogens with one attached hydrogen (secondary N) is 1. The zero-order valence-electron chi connectivity index (χ0n) is 13.0. The van der Waals surface area contributed by atoms with E-state index in [4.69, 9.17) is 0 Å². The highest BCUT2D eigenvalue weighted by molar-refractivity contribution is 7.89. The summed E-state index contributed by atoms with van der Waals surface area (Å²) in [6, 6.07) is 6.17. The van der Waals surface area contributed by atoms with Crippen molar-refractivity contribution >= 4 is 21.6 Å². The lowest BCUT2D eigenvalue weighted by molar-refractivity contribution is 0.0954. The van der Waals surface area contributed by atoms with Crippen LogP contribution in [0.25, 0.3) is 0 Å². The van der Waals surface area contributed by atoms with Crippen LogP contribution >= 0.6 is 0 Å². The molecular formula is C16H21N3O3S. The van der Waals surface area contributed by atoms with Gasteiger partial charge in [0.25, 0.3) is 5.91 Å². The summed E-state index contributed by atoms with van der Waals surface area (Å²) in [7, 11) is -3.51. The van der Waals surface area contributed by atoms with Gasteiger partial charge in [0.05, 0.1) is 4.90 Å². The van der Waals surface area contributed by atoms with Gasteiger partial charge in [-0.05, 0) is 56.7 Å². The number of rotatable bonds is 4. The SMILES string of the molecule is O=C(NN=C1CCCC1)c1cccc(S(=O)(=O)N2CCCC2)c1. The number of sulfonamides is 1. The zero-order chi connectivity index (χ0) is 16.3. The number of hydrogen-bond acceptors (Lipinski definition) is 4. The van der Waals surface area contributed by atoms with Crippen LogP contribution in [-0.2, 0) is 10.0 Å². The quantitative estimate of drug-likeness (QED) is 0.856. The lowest BCUT2D eigenvalue weighted by Crippen LogP contribution is -2.28. The Hall–Kier alpha value is -1.73. The molecule has 0 bridgehead atoms. The normalized spacial score (nSPS) is 19.0. The van der Waals surface area contributed by atoms with Crippen LogP contribution in [0.2, 0.25) is 0 Å². The molecule has 1 aliphatic carbocycles. The van der Waals surface area contributed by atoms with Crippen LogP contribution in [0.15, 0.2) is 34.3 Å². The number of carbonyl (C=O) groups excluding carboxylic acids is 1. The Morgan fingerprint density at radius 3 is 2.48 bits per heavy atom. The van der Waals surface area contributed by atoms with Crippen LogP contribution in [0.3, 0.4) is 0 Å². The molecule has 0 radical (unpaired) electrons. The molecule has 0 aromatic heterocycles. The number of hydrogen-bond donors (Lipinski definition) is 1. The van der Waals surface area contributed by atoms with E-state index in [-0.39, 0.29) is 10.8 Å². The van der Waals surface area contributed by atoms with E-state index in [0.29, 0.717) is 18.7 Å². The summed E-state index contributed by atoms with van der Waals surface area (Å²) >= 11 is 0. The highest BCUT2D eigenvalue weighted by Gasteiger charge is 2.27. The molecule has 0 unspecified atom stereocenters. The van der Waals surface area contributed by atoms with Crippen molar-refractivity contribution in [3.63, 3.8) is 0 Å². The van der Waals surface area contributed by atoms with Gasteiger partial charge in [0.1, 0.15) is 0 Å². The second kappa shape index (κ2) is 6.80. The molecule has 1 saturated heterocycles. The second-order valence-corrected chi connectivity index (χ2v) is 7.90. The summed E-state index contributed by atoms with van der Waals surface area (Å²) in [5.74, 6) is -0.372. The van der Waals surface area contributed by atoms with Gasteiger partial charge in [-0.25, -0.2) is 13.8 Å². The van der Waals surface area contributed by atoms with Gasteiger partial charge in [-0.3, -0.25) is 4.79 Å². The van der Waals surface area contributed by atoms with Gasteiger partial charge in [0.2, 0.25) is 10.0 Å². The third kappa shape index (κ3) is 3.61. The molecule has 1 aliphatic heterocycles. The van der Waals surface area contributed by atoms with E-state index in [0.717, 1.165) is 44.2 Å². The van der Waals surface area contributed by atoms with Gasteiger partial charge in [0.15, 0.2) is 0 Å². The minimum Gasteiger partial charge on any atom is -0.267 e. The van der Waals surface area contributed by atoms with Crippen molar-refractivity contribution in [2.45, 2.75) is 43.4 Å². The number of benzene rings is 1. The molecule has 1 amide bonds. The number of hydrazone groups is 1. The molecule has 1 saturated carbocycles. The maximum Gasteiger partial charge on any atom is 0.271 e. The van der Waals surface area contributed by atoms with E-state index < -0.39 is 10.0 Å². The largest absolute Gasteiger partial charge is 0.271 e. The molecule has 6 nitrogen and oxygen atoms in total. The first kappa shape index (κ1) is 16.1. The Morgan fingerprint density at radius 2 is 1.78 bits per heavy atom. The van der Waals surface area contributed by atoms with E-state index in [9.17, 15) is 13.2 Å². The van der Waals surface area contributed by atoms with Crippen LogP contribution in [0, 0.1) is 0 Å². The van der Waals surface area contributed by atoms with Gasteiger partial charge in [0, 0.05) is 24.4 Å². The topological polar surface area (TPSA) is 78.8 Å². The van der Waals surface area contributed by atoms with Crippen molar-refractivity contribution in [2.75, 3.05) is 13.1 Å². The number of nitrogens with zero attached hydrogens (tertiary/aromatic N) is 2. The minimum atomic E-state index is -3.51. The van der Waals surface area contributed by atoms with Crippen LogP contribution in [0.4, 0.5) is 0 Å². The molecule has 1 N–H and O–H groups in total. The van der Waals surface area contributed by atoms with Gasteiger partial charge in [-0.1, -0.05) is 6.07 Å². The summed E-state index contributed by atoms with van der Waals surface area (Å²) < 4.78 is 26.6. The van der Waals surface area contributed by atoms with Crippen molar-refractivity contribution in [3.05, 3.63) is 29.8 Å². The predicted molar refractivity (Wildman–Crippen MR) is 87.8 cm³/mol. The van der Waals surface area contributed by atoms with Crippen LogP contribution < -0.4 is 5.43 Å². The van der Waals surface area contributed by atoms with Crippen molar-refractivity contribution in [1.29, 1.82) is 0 Å². The van der Waals surface area contributed by atoms with Gasteiger partial charge in [-0.2, -0.15) is 9.41 Å². The average Bonchev–Trinajstić information content (AvgIpc) is 3.26. The number of carbonyl (C=O) groups is 1. The fraction of sp³-hybridized carbons (Fsp3) is 0.500. The maximum absolute atomic E-state index is 12.5. The summed E-state index contributed by atoms with van der Waals surface area (Å²) in [5.41, 5.74) is 3.84. The lowest BCUT2D eigenvalue weighted by Gasteiger charge is -2.15. The maximum atomic E-state index is 12.5. The molecule has 1 heterocycles. The smallest absolute Gasteiger partial charge is 0.267 e. The molecule has 7 heteroatoms. The summed E-state index contributed by atoms with van der Waals surface area (Å²) in [6.45, 7) is 1.10. The highest BCUT2D eigenvalue weighted by atomic mass is 32.2. The molecule has 2 aliphatic rings. The first-order valence-electron chi connectivity index (χ1n) is 8.03. The van der Waals surface area contributed by atoms with Crippen molar-refractivity contribution in [2.24, 2.45) is 5.10 Å². The molecule has 1 aromatic rings. The standard InChI is InChI=1S/C16H21N3O3S/c20-16(18-17-14-7-1-2-8-14)13-6-5-9-15(12-13)23(21,22)19-10-3-4-11-19/h5-6,9,12H,1-4,7-8,10-11H2,(H,18,20). The Labute approximate surface area is 136 Å². The average molecular weight is 335 g/mol. The minimum absolute atomic E-state index is 0.167. The summed E-state index contributed by atoms with van der Waals surface area (Å²) in [5, 5.41) is 4.13. The fourth-order valence-corrected chi connectivity index (χ4v) is 4.53. The lowest BCUT2D eigenvalue weighted by atomic mass is 10.2. The van der Waals surface area contributed by atoms with Gasteiger partial charge in [-0.15, -0.1) is 0 Å². The van der Waals surface area contributed by atoms with Gasteiger partial charge < -0.3 is 0 Å². The molecule has 1 aromatic carbocycles. The molecule has 2 fully saturated rings. The third-order valence-corrected chi connectivity index (χ3v) is 6.19. The van der Waals surface area contributed by atoms with Crippen LogP contribution in [0.1, 0.15) is 48.9 Å². The van der Waals surface area contributed by atoms with Crippen molar-refractivity contribution in [1.82, 2.24) is 9.73 Å². The second-order valence-electron chi connectivity index (χ2n) is 5.97. The van der Waals surface area contributed by atoms with E-state index >= 15 is 0 Å². The monoisotopic (exact) mass is 335 g/mol. The molecular weight excluding hydrogens is 314 g/mol. The fourth-order valence-electron chi connectivity index (χ4n) is 2.96. The molecule has 0 spiro atoms. The summed E-state index contributed by atoms with van der Waals surface area (Å²) in [6.07, 6.45) is 5.83. The van der Waals surface area contributed by atoms with Crippen molar-refractivity contribution < 1.29 is 13.2 Å². The molecule has 3 rings (SSSR count). The van der Waals surface area contributed by atoms with E-state index in [1.807, 2.05) is 0 Å². The Bertz CT molecular complexity index is 714. The third-order valence-electron chi connectivity index (χ3n) is 4.30. The van der Waals surface area contributed by atoms with Crippen LogP contribution in [0.5, 0.6) is 0 Å².